The van der Waals surface area contributed by atoms with E-state index in [1.165, 1.54) is 11.1 Å². The molecule has 1 saturated heterocycles. The summed E-state index contributed by atoms with van der Waals surface area (Å²) in [4.78, 5) is 30.3. The predicted octanol–water partition coefficient (Wildman–Crippen LogP) is 3.11. The van der Waals surface area contributed by atoms with E-state index >= 15 is 0 Å². The number of aliphatic imine (C=N–C) groups is 1. The molecule has 0 unspecified atom stereocenters. The molecule has 1 fully saturated rings. The summed E-state index contributed by atoms with van der Waals surface area (Å²) in [6.45, 7) is 0. The Morgan fingerprint density at radius 3 is 2.46 bits per heavy atom. The van der Waals surface area contributed by atoms with Gasteiger partial charge in [-0.25, -0.2) is 0 Å². The molecule has 1 aliphatic rings. The van der Waals surface area contributed by atoms with E-state index in [1.807, 2.05) is 6.07 Å². The van der Waals surface area contributed by atoms with Crippen LogP contribution in [0.3, 0.4) is 0 Å². The maximum atomic E-state index is 12.7. The fraction of sp³-hybridized carbons (Fsp3) is 0.0588. The van der Waals surface area contributed by atoms with Crippen LogP contribution in [0, 0.1) is 5.92 Å². The molecule has 2 aromatic carbocycles. The van der Waals surface area contributed by atoms with Crippen molar-refractivity contribution in [3.63, 3.8) is 0 Å². The maximum Gasteiger partial charge on any atom is 0.251 e. The van der Waals surface area contributed by atoms with Gasteiger partial charge in [0.05, 0.1) is 16.4 Å². The molecule has 0 spiro atoms. The third kappa shape index (κ3) is 3.20. The third-order valence-corrected chi connectivity index (χ3v) is 4.04. The Balaban J connectivity index is 1.90. The molecule has 0 radical (unpaired) electrons. The zero-order valence-corrected chi connectivity index (χ0v) is 13.9. The Bertz CT molecular complexity index is 839. The molecule has 1 heterocycles. The molecule has 24 heavy (non-hydrogen) atoms. The van der Waals surface area contributed by atoms with Gasteiger partial charge in [0.1, 0.15) is 0 Å². The van der Waals surface area contributed by atoms with Gasteiger partial charge in [0.15, 0.2) is 11.0 Å². The molecule has 120 valence electrons. The van der Waals surface area contributed by atoms with Crippen molar-refractivity contribution in [1.29, 1.82) is 0 Å². The van der Waals surface area contributed by atoms with E-state index in [1.54, 1.807) is 48.5 Å². The SMILES string of the molecule is O=C1NC(=S)N(c2ccccc2)C(=O)[C@H]1C=Nc1ccccc1Cl. The largest absolute Gasteiger partial charge is 0.301 e. The summed E-state index contributed by atoms with van der Waals surface area (Å²) in [5, 5.41) is 3.02. The second-order valence-corrected chi connectivity index (χ2v) is 5.80. The molecule has 5 nitrogen and oxygen atoms in total. The number of hydrogen-bond acceptors (Lipinski definition) is 4. The van der Waals surface area contributed by atoms with Gasteiger partial charge >= 0.3 is 0 Å². The van der Waals surface area contributed by atoms with Crippen LogP contribution >= 0.6 is 23.8 Å². The van der Waals surface area contributed by atoms with Crippen molar-refractivity contribution in [3.05, 3.63) is 59.6 Å². The smallest absolute Gasteiger partial charge is 0.251 e. The van der Waals surface area contributed by atoms with Gasteiger partial charge in [-0.15, -0.1) is 0 Å². The van der Waals surface area contributed by atoms with Gasteiger partial charge < -0.3 is 5.32 Å². The first-order valence-corrected chi connectivity index (χ1v) is 7.89. The van der Waals surface area contributed by atoms with Crippen LogP contribution in [0.2, 0.25) is 5.02 Å². The van der Waals surface area contributed by atoms with Gasteiger partial charge in [-0.2, -0.15) is 0 Å². The number of hydrogen-bond donors (Lipinski definition) is 1. The summed E-state index contributed by atoms with van der Waals surface area (Å²) in [5.74, 6) is -2.04. The van der Waals surface area contributed by atoms with E-state index in [2.05, 4.69) is 10.3 Å². The lowest BCUT2D eigenvalue weighted by molar-refractivity contribution is -0.130. The Morgan fingerprint density at radius 1 is 1.08 bits per heavy atom. The fourth-order valence-corrected chi connectivity index (χ4v) is 2.74. The summed E-state index contributed by atoms with van der Waals surface area (Å²) in [5.41, 5.74) is 1.07. The van der Waals surface area contributed by atoms with Crippen LogP contribution in [0.5, 0.6) is 0 Å². The number of benzene rings is 2. The summed E-state index contributed by atoms with van der Waals surface area (Å²) in [6, 6.07) is 15.8. The van der Waals surface area contributed by atoms with Gasteiger partial charge in [0, 0.05) is 6.21 Å². The standard InChI is InChI=1S/C17H12ClN3O2S/c18-13-8-4-5-9-14(13)19-10-12-15(22)20-17(24)21(16(12)23)11-6-2-1-3-7-11/h1-10,12H,(H,20,22,24)/t12-/m0/s1. The normalized spacial score (nSPS) is 18.1. The number of halogens is 1. The highest BCUT2D eigenvalue weighted by Crippen LogP contribution is 2.25. The molecule has 0 saturated carbocycles. The van der Waals surface area contributed by atoms with E-state index in [0.29, 0.717) is 16.4 Å². The number of carbonyl (C=O) groups is 2. The van der Waals surface area contributed by atoms with Crippen LogP contribution in [-0.4, -0.2) is 23.1 Å². The number of carbonyl (C=O) groups excluding carboxylic acids is 2. The number of anilines is 1. The Morgan fingerprint density at radius 2 is 1.75 bits per heavy atom. The van der Waals surface area contributed by atoms with Crippen LogP contribution in [0.15, 0.2) is 59.6 Å². The van der Waals surface area contributed by atoms with Gasteiger partial charge in [-0.3, -0.25) is 19.5 Å². The van der Waals surface area contributed by atoms with Crippen molar-refractivity contribution in [2.24, 2.45) is 10.9 Å². The van der Waals surface area contributed by atoms with Crippen LogP contribution in [0.1, 0.15) is 0 Å². The number of amides is 2. The predicted molar refractivity (Wildman–Crippen MR) is 97.8 cm³/mol. The van der Waals surface area contributed by atoms with Gasteiger partial charge in [0.25, 0.3) is 5.91 Å². The monoisotopic (exact) mass is 357 g/mol. The molecule has 1 atom stereocenters. The summed E-state index contributed by atoms with van der Waals surface area (Å²) >= 11 is 11.2. The molecule has 0 bridgehead atoms. The van der Waals surface area contributed by atoms with Crippen molar-refractivity contribution in [2.75, 3.05) is 4.90 Å². The van der Waals surface area contributed by atoms with Crippen molar-refractivity contribution in [2.45, 2.75) is 0 Å². The average Bonchev–Trinajstić information content (AvgIpc) is 2.57. The number of nitrogens with one attached hydrogen (secondary N) is 1. The number of para-hydroxylation sites is 2. The lowest BCUT2D eigenvalue weighted by Crippen LogP contribution is -2.58. The van der Waals surface area contributed by atoms with Gasteiger partial charge in [-0.05, 0) is 36.5 Å². The van der Waals surface area contributed by atoms with Crippen molar-refractivity contribution in [3.8, 4) is 0 Å². The molecule has 0 aliphatic carbocycles. The molecule has 0 aromatic heterocycles. The van der Waals surface area contributed by atoms with E-state index in [-0.39, 0.29) is 5.11 Å². The van der Waals surface area contributed by atoms with Crippen molar-refractivity contribution in [1.82, 2.24) is 5.32 Å². The molecule has 1 aliphatic heterocycles. The maximum absolute atomic E-state index is 12.7. The van der Waals surface area contributed by atoms with Crippen LogP contribution in [0.25, 0.3) is 0 Å². The Labute approximate surface area is 148 Å². The fourth-order valence-electron chi connectivity index (χ4n) is 2.25. The first-order valence-electron chi connectivity index (χ1n) is 7.10. The van der Waals surface area contributed by atoms with Crippen molar-refractivity contribution >= 4 is 58.3 Å². The highest BCUT2D eigenvalue weighted by Gasteiger charge is 2.38. The minimum atomic E-state index is -1.08. The molecule has 7 heteroatoms. The number of thiocarbonyl (C=S) groups is 1. The highest BCUT2D eigenvalue weighted by atomic mass is 35.5. The highest BCUT2D eigenvalue weighted by molar-refractivity contribution is 7.80. The average molecular weight is 358 g/mol. The van der Waals surface area contributed by atoms with Crippen LogP contribution in [-0.2, 0) is 9.59 Å². The summed E-state index contributed by atoms with van der Waals surface area (Å²) in [6.07, 6.45) is 1.29. The molecular weight excluding hydrogens is 346 g/mol. The van der Waals surface area contributed by atoms with Crippen LogP contribution in [0.4, 0.5) is 11.4 Å². The quantitative estimate of drug-likeness (QED) is 0.521. The van der Waals surface area contributed by atoms with E-state index < -0.39 is 17.7 Å². The minimum Gasteiger partial charge on any atom is -0.301 e. The number of nitrogens with zero attached hydrogens (tertiary/aromatic N) is 2. The zero-order valence-electron chi connectivity index (χ0n) is 12.3. The first-order chi connectivity index (χ1) is 11.6. The molecule has 2 aromatic rings. The molecule has 3 rings (SSSR count). The van der Waals surface area contributed by atoms with E-state index in [4.69, 9.17) is 23.8 Å². The Hall–Kier alpha value is -2.57. The molecule has 2 amide bonds. The van der Waals surface area contributed by atoms with E-state index in [0.717, 1.165) is 0 Å². The lowest BCUT2D eigenvalue weighted by Gasteiger charge is -2.30. The van der Waals surface area contributed by atoms with Crippen molar-refractivity contribution < 1.29 is 9.59 Å². The van der Waals surface area contributed by atoms with Crippen LogP contribution < -0.4 is 10.2 Å². The summed E-state index contributed by atoms with van der Waals surface area (Å²) in [7, 11) is 0. The molecule has 1 N–H and O–H groups in total. The zero-order chi connectivity index (χ0) is 17.1. The van der Waals surface area contributed by atoms with Gasteiger partial charge in [-0.1, -0.05) is 41.9 Å². The molecular formula is C17H12ClN3O2S. The van der Waals surface area contributed by atoms with Gasteiger partial charge in [0.2, 0.25) is 5.91 Å². The first kappa shape index (κ1) is 16.3. The van der Waals surface area contributed by atoms with E-state index in [9.17, 15) is 9.59 Å². The topological polar surface area (TPSA) is 61.8 Å². The second-order valence-electron chi connectivity index (χ2n) is 5.01. The second kappa shape index (κ2) is 6.90. The lowest BCUT2D eigenvalue weighted by atomic mass is 10.1. The summed E-state index contributed by atoms with van der Waals surface area (Å²) < 4.78 is 0. The Kier molecular flexibility index (Phi) is 4.69. The number of rotatable bonds is 3. The minimum absolute atomic E-state index is 0.0543. The third-order valence-electron chi connectivity index (χ3n) is 3.43.